The lowest BCUT2D eigenvalue weighted by Crippen LogP contribution is -2.13. The number of nitrogens with zero attached hydrogens (tertiary/aromatic N) is 1. The molecule has 0 unspecified atom stereocenters. The molecule has 3 rings (SSSR count). The number of fused-ring (bicyclic) bond motifs is 1. The maximum absolute atomic E-state index is 5.49. The minimum absolute atomic E-state index is 0.725. The first-order chi connectivity index (χ1) is 8.86. The maximum Gasteiger partial charge on any atom is 0.208 e. The van der Waals surface area contributed by atoms with Gasteiger partial charge < -0.3 is 0 Å². The van der Waals surface area contributed by atoms with Crippen molar-refractivity contribution in [3.05, 3.63) is 47.5 Å². The fourth-order valence-electron chi connectivity index (χ4n) is 1.98. The van der Waals surface area contributed by atoms with Crippen LogP contribution < -0.4 is 4.72 Å². The zero-order valence-electron chi connectivity index (χ0n) is 9.51. The normalized spacial score (nSPS) is 13.6. The summed E-state index contributed by atoms with van der Waals surface area (Å²) < 4.78 is 7.81. The van der Waals surface area contributed by atoms with E-state index in [-0.39, 0.29) is 0 Å². The topological polar surface area (TPSA) is 33.6 Å². The zero-order valence-corrected chi connectivity index (χ0v) is 10.3. The molecule has 0 atom stereocenters. The van der Waals surface area contributed by atoms with E-state index in [9.17, 15) is 0 Å². The molecule has 0 aromatic heterocycles. The van der Waals surface area contributed by atoms with E-state index in [2.05, 4.69) is 40.1 Å². The van der Waals surface area contributed by atoms with E-state index in [1.165, 1.54) is 5.56 Å². The predicted octanol–water partition coefficient (Wildman–Crippen LogP) is 2.86. The highest BCUT2D eigenvalue weighted by molar-refractivity contribution is 7.93. The number of terminal acetylenes is 1. The molecule has 1 heterocycles. The van der Waals surface area contributed by atoms with Gasteiger partial charge in [-0.25, -0.2) is 0 Å². The second-order valence-electron chi connectivity index (χ2n) is 3.98. The van der Waals surface area contributed by atoms with Gasteiger partial charge in [0, 0.05) is 12.0 Å². The Balaban J connectivity index is 1.99. The fraction of sp³-hybridized carbons (Fsp3) is 0.0714. The molecule has 2 aromatic carbocycles. The van der Waals surface area contributed by atoms with Gasteiger partial charge in [0.1, 0.15) is 0 Å². The van der Waals surface area contributed by atoms with E-state index in [1.54, 1.807) is 0 Å². The quantitative estimate of drug-likeness (QED) is 0.508. The van der Waals surface area contributed by atoms with Crippen molar-refractivity contribution < 1.29 is 4.28 Å². The molecule has 1 N–H and O–H groups in total. The Hall–Kier alpha value is -2.12. The van der Waals surface area contributed by atoms with Crippen molar-refractivity contribution in [3.63, 3.8) is 0 Å². The molecule has 0 spiro atoms. The van der Waals surface area contributed by atoms with Crippen molar-refractivity contribution in [1.82, 2.24) is 4.72 Å². The van der Waals surface area contributed by atoms with Crippen LogP contribution in [0.5, 0.6) is 0 Å². The van der Waals surface area contributed by atoms with Gasteiger partial charge in [-0.1, -0.05) is 41.4 Å². The summed E-state index contributed by atoms with van der Waals surface area (Å²) in [5, 5.41) is 6.14. The zero-order chi connectivity index (χ0) is 12.4. The van der Waals surface area contributed by atoms with Crippen molar-refractivity contribution in [3.8, 4) is 12.3 Å². The summed E-state index contributed by atoms with van der Waals surface area (Å²) in [6.07, 6.45) is 6.21. The Bertz CT molecular complexity index is 673. The van der Waals surface area contributed by atoms with Crippen molar-refractivity contribution in [1.29, 1.82) is 0 Å². The molecule has 1 aliphatic rings. The van der Waals surface area contributed by atoms with Crippen LogP contribution in [-0.2, 0) is 10.7 Å². The third-order valence-corrected chi connectivity index (χ3v) is 3.28. The first-order valence-corrected chi connectivity index (χ1v) is 6.25. The van der Waals surface area contributed by atoms with Crippen LogP contribution >= 0.6 is 12.2 Å². The average Bonchev–Trinajstić information content (AvgIpc) is 2.90. The van der Waals surface area contributed by atoms with Gasteiger partial charge in [-0.2, -0.15) is 0 Å². The summed E-state index contributed by atoms with van der Waals surface area (Å²) in [7, 11) is 0. The predicted molar refractivity (Wildman–Crippen MR) is 74.8 cm³/mol. The standard InChI is InChI=1S/C14H10N2OS/c1-2-11-4-3-5-12-8-10(6-7-13(11)12)9-14-15-17-18-16-14/h1,3-8H,9H2,(H,15,16). The van der Waals surface area contributed by atoms with Crippen molar-refractivity contribution in [2.24, 2.45) is 5.16 Å². The molecule has 2 aromatic rings. The Kier molecular flexibility index (Phi) is 2.83. The van der Waals surface area contributed by atoms with Gasteiger partial charge in [-0.05, 0) is 22.4 Å². The van der Waals surface area contributed by atoms with Crippen LogP contribution in [0.15, 0.2) is 41.6 Å². The van der Waals surface area contributed by atoms with Gasteiger partial charge >= 0.3 is 0 Å². The van der Waals surface area contributed by atoms with E-state index in [0.29, 0.717) is 0 Å². The van der Waals surface area contributed by atoms with Crippen LogP contribution in [0.2, 0.25) is 0 Å². The van der Waals surface area contributed by atoms with Crippen molar-refractivity contribution in [2.45, 2.75) is 6.42 Å². The molecule has 88 valence electrons. The highest BCUT2D eigenvalue weighted by atomic mass is 32.2. The van der Waals surface area contributed by atoms with E-state index >= 15 is 0 Å². The summed E-state index contributed by atoms with van der Waals surface area (Å²) >= 11 is 1.13. The molecule has 0 saturated heterocycles. The van der Waals surface area contributed by atoms with Gasteiger partial charge in [-0.3, -0.25) is 9.01 Å². The Morgan fingerprint density at radius 3 is 3.06 bits per heavy atom. The lowest BCUT2D eigenvalue weighted by Gasteiger charge is -2.04. The minimum Gasteiger partial charge on any atom is -0.297 e. The van der Waals surface area contributed by atoms with Gasteiger partial charge in [-0.15, -0.1) is 6.42 Å². The first-order valence-electron chi connectivity index (χ1n) is 5.50. The van der Waals surface area contributed by atoms with Crippen LogP contribution in [0.4, 0.5) is 0 Å². The maximum atomic E-state index is 5.49. The van der Waals surface area contributed by atoms with Crippen LogP contribution in [0.1, 0.15) is 11.1 Å². The van der Waals surface area contributed by atoms with Crippen molar-refractivity contribution in [2.75, 3.05) is 0 Å². The Labute approximate surface area is 110 Å². The number of hydrogen-bond donors (Lipinski definition) is 1. The molecular formula is C14H10N2OS. The number of rotatable bonds is 2. The van der Waals surface area contributed by atoms with Crippen LogP contribution in [0, 0.1) is 12.3 Å². The van der Waals surface area contributed by atoms with Gasteiger partial charge in [0.2, 0.25) is 12.2 Å². The Morgan fingerprint density at radius 1 is 1.33 bits per heavy atom. The second-order valence-corrected chi connectivity index (χ2v) is 4.50. The second kappa shape index (κ2) is 4.63. The number of amidine groups is 1. The van der Waals surface area contributed by atoms with Crippen molar-refractivity contribution >= 4 is 28.8 Å². The van der Waals surface area contributed by atoms with Gasteiger partial charge in [0.15, 0.2) is 5.84 Å². The summed E-state index contributed by atoms with van der Waals surface area (Å²) in [6.45, 7) is 0. The molecular weight excluding hydrogens is 244 g/mol. The minimum atomic E-state index is 0.725. The van der Waals surface area contributed by atoms with E-state index < -0.39 is 0 Å². The van der Waals surface area contributed by atoms with Gasteiger partial charge in [0.05, 0.1) is 0 Å². The smallest absolute Gasteiger partial charge is 0.208 e. The first kappa shape index (κ1) is 11.0. The average molecular weight is 254 g/mol. The fourth-order valence-corrected chi connectivity index (χ4v) is 2.35. The van der Waals surface area contributed by atoms with Crippen LogP contribution in [0.25, 0.3) is 10.8 Å². The number of benzene rings is 2. The molecule has 0 aliphatic carbocycles. The molecule has 18 heavy (non-hydrogen) atoms. The number of nitrogens with one attached hydrogen (secondary N) is 1. The summed E-state index contributed by atoms with van der Waals surface area (Å²) in [5.74, 6) is 3.53. The molecule has 3 nitrogen and oxygen atoms in total. The molecule has 1 aliphatic heterocycles. The van der Waals surface area contributed by atoms with E-state index in [4.69, 9.17) is 10.7 Å². The monoisotopic (exact) mass is 254 g/mol. The highest BCUT2D eigenvalue weighted by Crippen LogP contribution is 2.20. The largest absolute Gasteiger partial charge is 0.297 e. The van der Waals surface area contributed by atoms with E-state index in [0.717, 1.165) is 40.8 Å². The SMILES string of the molecule is C#Cc1cccc2cc(CC3=NOSN3)ccc12. The van der Waals surface area contributed by atoms with Crippen LogP contribution in [-0.4, -0.2) is 5.84 Å². The molecule has 0 amide bonds. The summed E-state index contributed by atoms with van der Waals surface area (Å²) in [4.78, 5) is 0. The lowest BCUT2D eigenvalue weighted by molar-refractivity contribution is 0.415. The summed E-state index contributed by atoms with van der Waals surface area (Å²) in [5.41, 5.74) is 2.10. The molecule has 0 fully saturated rings. The lowest BCUT2D eigenvalue weighted by atomic mass is 10.0. The Morgan fingerprint density at radius 2 is 2.28 bits per heavy atom. The van der Waals surface area contributed by atoms with Gasteiger partial charge in [0.25, 0.3) is 0 Å². The molecule has 4 heteroatoms. The summed E-state index contributed by atoms with van der Waals surface area (Å²) in [6, 6.07) is 12.2. The molecule has 0 bridgehead atoms. The number of hydrogen-bond acceptors (Lipinski definition) is 4. The van der Waals surface area contributed by atoms with Crippen LogP contribution in [0.3, 0.4) is 0 Å². The third kappa shape index (κ3) is 2.01. The number of oxime groups is 1. The third-order valence-electron chi connectivity index (χ3n) is 2.82. The molecule has 0 radical (unpaired) electrons. The highest BCUT2D eigenvalue weighted by Gasteiger charge is 2.09. The molecule has 0 saturated carbocycles. The van der Waals surface area contributed by atoms with E-state index in [1.807, 2.05) is 12.1 Å².